The van der Waals surface area contributed by atoms with Gasteiger partial charge in [-0.15, -0.1) is 0 Å². The molecule has 1 fully saturated rings. The Hall–Kier alpha value is -0.100. The van der Waals surface area contributed by atoms with Gasteiger partial charge in [0.1, 0.15) is 4.75 Å². The molecule has 1 amide bonds. The highest BCUT2D eigenvalue weighted by atomic mass is 79.9. The van der Waals surface area contributed by atoms with Gasteiger partial charge in [-0.25, -0.2) is 8.42 Å². The van der Waals surface area contributed by atoms with E-state index in [0.717, 1.165) is 12.7 Å². The lowest BCUT2D eigenvalue weighted by molar-refractivity contribution is -0.134. The summed E-state index contributed by atoms with van der Waals surface area (Å²) in [5.41, 5.74) is 0. The quantitative estimate of drug-likeness (QED) is 0.722. The van der Waals surface area contributed by atoms with Gasteiger partial charge in [0.2, 0.25) is 5.91 Å². The van der Waals surface area contributed by atoms with Crippen LogP contribution in [-0.2, 0) is 14.6 Å². The van der Waals surface area contributed by atoms with Gasteiger partial charge < -0.3 is 4.90 Å². The Balaban J connectivity index is 2.85. The molecule has 0 radical (unpaired) electrons. The lowest BCUT2D eigenvalue weighted by Gasteiger charge is -2.37. The standard InChI is InChI=1S/C11H20BrNO3S/c1-8-5-6-13(7-9(8)12)10(14)11(2,3)17(4,15)16/h8-9H,5-7H2,1-4H3. The summed E-state index contributed by atoms with van der Waals surface area (Å²) in [6.45, 7) is 6.31. The Morgan fingerprint density at radius 3 is 2.35 bits per heavy atom. The number of alkyl halides is 1. The van der Waals surface area contributed by atoms with Crippen LogP contribution >= 0.6 is 15.9 Å². The van der Waals surface area contributed by atoms with Crippen molar-refractivity contribution in [2.75, 3.05) is 19.3 Å². The third kappa shape index (κ3) is 3.02. The number of rotatable bonds is 2. The Morgan fingerprint density at radius 2 is 1.94 bits per heavy atom. The van der Waals surface area contributed by atoms with Crippen LogP contribution in [-0.4, -0.2) is 48.1 Å². The minimum atomic E-state index is -3.39. The van der Waals surface area contributed by atoms with E-state index in [0.29, 0.717) is 19.0 Å². The molecule has 0 spiro atoms. The predicted octanol–water partition coefficient (Wildman–Crippen LogP) is 1.44. The molecule has 0 aliphatic carbocycles. The molecule has 1 rings (SSSR count). The second-order valence-corrected chi connectivity index (χ2v) is 9.06. The van der Waals surface area contributed by atoms with Crippen molar-refractivity contribution in [3.8, 4) is 0 Å². The van der Waals surface area contributed by atoms with Gasteiger partial charge in [-0.3, -0.25) is 4.79 Å². The summed E-state index contributed by atoms with van der Waals surface area (Å²) in [6, 6.07) is 0. The maximum Gasteiger partial charge on any atom is 0.243 e. The Labute approximate surface area is 112 Å². The first-order chi connectivity index (χ1) is 7.57. The fourth-order valence-corrected chi connectivity index (χ4v) is 2.81. The molecule has 2 atom stereocenters. The smallest absolute Gasteiger partial charge is 0.243 e. The summed E-state index contributed by atoms with van der Waals surface area (Å²) in [6.07, 6.45) is 2.02. The molecule has 6 heteroatoms. The topological polar surface area (TPSA) is 54.5 Å². The van der Waals surface area contributed by atoms with Gasteiger partial charge in [0, 0.05) is 24.2 Å². The molecule has 1 heterocycles. The van der Waals surface area contributed by atoms with E-state index in [9.17, 15) is 13.2 Å². The number of carbonyl (C=O) groups excluding carboxylic acids is 1. The minimum absolute atomic E-state index is 0.246. The lowest BCUT2D eigenvalue weighted by Crippen LogP contribution is -2.53. The number of carbonyl (C=O) groups is 1. The van der Waals surface area contributed by atoms with E-state index in [1.807, 2.05) is 0 Å². The number of nitrogens with zero attached hydrogens (tertiary/aromatic N) is 1. The Morgan fingerprint density at radius 1 is 1.41 bits per heavy atom. The summed E-state index contributed by atoms with van der Waals surface area (Å²) in [4.78, 5) is 14.1. The van der Waals surface area contributed by atoms with Crippen molar-refractivity contribution in [2.45, 2.75) is 36.8 Å². The predicted molar refractivity (Wildman–Crippen MR) is 72.0 cm³/mol. The van der Waals surface area contributed by atoms with Crippen LogP contribution in [0.25, 0.3) is 0 Å². The highest BCUT2D eigenvalue weighted by molar-refractivity contribution is 9.09. The molecule has 100 valence electrons. The van der Waals surface area contributed by atoms with Crippen LogP contribution in [0, 0.1) is 5.92 Å². The number of piperidine rings is 1. The van der Waals surface area contributed by atoms with Crippen LogP contribution in [0.3, 0.4) is 0 Å². The largest absolute Gasteiger partial charge is 0.340 e. The fourth-order valence-electron chi connectivity index (χ4n) is 1.75. The van der Waals surface area contributed by atoms with Crippen molar-refractivity contribution in [2.24, 2.45) is 5.92 Å². The first-order valence-electron chi connectivity index (χ1n) is 5.70. The van der Waals surface area contributed by atoms with Crippen LogP contribution in [0.2, 0.25) is 0 Å². The van der Waals surface area contributed by atoms with E-state index in [2.05, 4.69) is 22.9 Å². The zero-order valence-corrected chi connectivity index (χ0v) is 13.1. The van der Waals surface area contributed by atoms with Crippen molar-refractivity contribution in [3.63, 3.8) is 0 Å². The molecule has 0 N–H and O–H groups in total. The zero-order chi connectivity index (χ0) is 13.4. The second-order valence-electron chi connectivity index (χ2n) is 5.32. The molecule has 4 nitrogen and oxygen atoms in total. The molecule has 0 bridgehead atoms. The van der Waals surface area contributed by atoms with Gasteiger partial charge in [0.15, 0.2) is 9.84 Å². The number of hydrogen-bond donors (Lipinski definition) is 0. The van der Waals surface area contributed by atoms with Crippen LogP contribution < -0.4 is 0 Å². The molecule has 1 aliphatic rings. The van der Waals surface area contributed by atoms with Gasteiger partial charge in [0.05, 0.1) is 0 Å². The minimum Gasteiger partial charge on any atom is -0.340 e. The highest BCUT2D eigenvalue weighted by Gasteiger charge is 2.42. The Kier molecular flexibility index (Phi) is 4.29. The van der Waals surface area contributed by atoms with Crippen LogP contribution in [0.1, 0.15) is 27.2 Å². The van der Waals surface area contributed by atoms with E-state index in [1.165, 1.54) is 13.8 Å². The molecule has 2 unspecified atom stereocenters. The van der Waals surface area contributed by atoms with Gasteiger partial charge in [-0.05, 0) is 26.2 Å². The van der Waals surface area contributed by atoms with Gasteiger partial charge >= 0.3 is 0 Å². The first kappa shape index (κ1) is 15.0. The SMILES string of the molecule is CC1CCN(C(=O)C(C)(C)S(C)(=O)=O)CC1Br. The molecule has 0 saturated carbocycles. The summed E-state index contributed by atoms with van der Waals surface area (Å²) in [5, 5.41) is 0. The number of halogens is 1. The van der Waals surface area contributed by atoms with E-state index >= 15 is 0 Å². The van der Waals surface area contributed by atoms with Crippen molar-refractivity contribution in [1.82, 2.24) is 4.90 Å². The van der Waals surface area contributed by atoms with Crippen LogP contribution in [0.15, 0.2) is 0 Å². The second kappa shape index (κ2) is 4.88. The highest BCUT2D eigenvalue weighted by Crippen LogP contribution is 2.27. The summed E-state index contributed by atoms with van der Waals surface area (Å²) in [7, 11) is -3.39. The molecule has 1 saturated heterocycles. The third-order valence-corrected chi connectivity index (χ3v) is 6.82. The van der Waals surface area contributed by atoms with Crippen molar-refractivity contribution in [1.29, 1.82) is 0 Å². The molecular formula is C11H20BrNO3S. The first-order valence-corrected chi connectivity index (χ1v) is 8.51. The number of sulfone groups is 1. The van der Waals surface area contributed by atoms with Gasteiger partial charge in [0.25, 0.3) is 0 Å². The normalized spacial score (nSPS) is 27.0. The molecule has 1 aliphatic heterocycles. The monoisotopic (exact) mass is 325 g/mol. The van der Waals surface area contributed by atoms with E-state index in [1.54, 1.807) is 4.90 Å². The van der Waals surface area contributed by atoms with E-state index in [4.69, 9.17) is 0 Å². The third-order valence-electron chi connectivity index (χ3n) is 3.60. The molecule has 17 heavy (non-hydrogen) atoms. The summed E-state index contributed by atoms with van der Waals surface area (Å²) < 4.78 is 21.9. The zero-order valence-electron chi connectivity index (χ0n) is 10.7. The van der Waals surface area contributed by atoms with Crippen molar-refractivity contribution >= 4 is 31.7 Å². The van der Waals surface area contributed by atoms with Crippen molar-refractivity contribution < 1.29 is 13.2 Å². The number of likely N-dealkylation sites (tertiary alicyclic amines) is 1. The van der Waals surface area contributed by atoms with Gasteiger partial charge in [-0.2, -0.15) is 0 Å². The van der Waals surface area contributed by atoms with Crippen LogP contribution in [0.4, 0.5) is 0 Å². The molecule has 0 aromatic rings. The molecule has 0 aromatic carbocycles. The van der Waals surface area contributed by atoms with Gasteiger partial charge in [-0.1, -0.05) is 22.9 Å². The number of amides is 1. The van der Waals surface area contributed by atoms with E-state index < -0.39 is 14.6 Å². The average molecular weight is 326 g/mol. The average Bonchev–Trinajstić information content (AvgIpc) is 2.19. The fraction of sp³-hybridized carbons (Fsp3) is 0.909. The maximum absolute atomic E-state index is 12.2. The lowest BCUT2D eigenvalue weighted by atomic mass is 9.98. The maximum atomic E-state index is 12.2. The summed E-state index contributed by atoms with van der Waals surface area (Å²) >= 11 is 3.54. The summed E-state index contributed by atoms with van der Waals surface area (Å²) in [5.74, 6) is 0.219. The van der Waals surface area contributed by atoms with Crippen LogP contribution in [0.5, 0.6) is 0 Å². The Bertz CT molecular complexity index is 405. The van der Waals surface area contributed by atoms with Crippen molar-refractivity contribution in [3.05, 3.63) is 0 Å². The van der Waals surface area contributed by atoms with E-state index in [-0.39, 0.29) is 10.7 Å². The molecule has 0 aromatic heterocycles. The number of hydrogen-bond acceptors (Lipinski definition) is 3. The molecular weight excluding hydrogens is 306 g/mol.